The van der Waals surface area contributed by atoms with Gasteiger partial charge in [-0.25, -0.2) is 9.97 Å². The van der Waals surface area contributed by atoms with E-state index in [9.17, 15) is 117 Å². The third-order valence-corrected chi connectivity index (χ3v) is 23.3. The number of carbonyl (C=O) groups is 2. The van der Waals surface area contributed by atoms with Crippen molar-refractivity contribution in [2.45, 2.75) is 268 Å². The van der Waals surface area contributed by atoms with Crippen LogP contribution in [0.25, 0.3) is 56.5 Å². The molecule has 23 aliphatic heterocycles. The molecule has 0 aromatic carbocycles. The number of hydrogen-bond acceptors (Lipinski definition) is 38. The first-order valence-electron chi connectivity index (χ1n) is 38.6. The Morgan fingerprint density at radius 1 is 0.356 bits per heavy atom. The molecule has 23 aliphatic rings. The molecule has 1 amide bonds. The van der Waals surface area contributed by atoms with Crippen LogP contribution in [0.2, 0.25) is 0 Å². The molecule has 24 N–H and O–H groups in total. The number of H-pyrrole nitrogens is 2. The minimum absolute atomic E-state index is 0.0492. The second kappa shape index (κ2) is 37.4. The van der Waals surface area contributed by atoms with Gasteiger partial charge in [0.2, 0.25) is 5.91 Å². The first-order chi connectivity index (χ1) is 56.3. The van der Waals surface area contributed by atoms with Crippen molar-refractivity contribution in [2.75, 3.05) is 46.2 Å². The van der Waals surface area contributed by atoms with E-state index in [1.165, 1.54) is 0 Å². The number of nitrogens with zero attached hydrogens (tertiary/aromatic N) is 2. The largest absolute Gasteiger partial charge is 0.481 e. The first-order valence-corrected chi connectivity index (χ1v) is 38.6. The topological polar surface area (TPSA) is 658 Å². The molecule has 0 spiro atoms. The van der Waals surface area contributed by atoms with E-state index in [1.807, 2.05) is 39.0 Å². The lowest BCUT2D eigenvalue weighted by molar-refractivity contribution is -0.396. The van der Waals surface area contributed by atoms with Gasteiger partial charge < -0.3 is 189 Å². The normalized spacial score (nSPS) is 40.8. The van der Waals surface area contributed by atoms with Crippen LogP contribution in [0.15, 0.2) is 37.4 Å². The van der Waals surface area contributed by atoms with Crippen molar-refractivity contribution in [3.8, 4) is 0 Å². The Morgan fingerprint density at radius 3 is 0.890 bits per heavy atom. The van der Waals surface area contributed by atoms with E-state index in [1.54, 1.807) is 25.1 Å². The highest BCUT2D eigenvalue weighted by molar-refractivity contribution is 5.97. The number of amides is 1. The number of aliphatic hydroxyl groups excluding tert-OH is 20. The Kier molecular flexibility index (Phi) is 28.3. The summed E-state index contributed by atoms with van der Waals surface area (Å²) in [6.07, 6.45) is -70.2. The van der Waals surface area contributed by atoms with Crippen LogP contribution in [-0.4, -0.2) is 400 Å². The van der Waals surface area contributed by atoms with Crippen molar-refractivity contribution in [3.05, 3.63) is 82.5 Å². The summed E-state index contributed by atoms with van der Waals surface area (Å²) in [5, 5.41) is 241. The lowest BCUT2D eigenvalue weighted by Gasteiger charge is -2.50. The van der Waals surface area contributed by atoms with Gasteiger partial charge in [-0.15, -0.1) is 0 Å². The van der Waals surface area contributed by atoms with Crippen LogP contribution in [-0.2, 0) is 75.9 Å². The number of rotatable bonds is 16. The Balaban J connectivity index is 0.807. The first kappa shape index (κ1) is 89.4. The summed E-state index contributed by atoms with van der Waals surface area (Å²) in [6.45, 7) is 8.35. The van der Waals surface area contributed by atoms with Crippen LogP contribution < -0.4 is 5.32 Å². The molecule has 42 nitrogen and oxygen atoms in total. The quantitative estimate of drug-likeness (QED) is 0.0633. The molecule has 654 valence electrons. The number of aromatic nitrogens is 4. The molecule has 22 bridgehead atoms. The van der Waals surface area contributed by atoms with Crippen LogP contribution in [0.3, 0.4) is 0 Å². The molecule has 0 saturated carbocycles. The zero-order valence-corrected chi connectivity index (χ0v) is 64.2. The number of carbonyl (C=O) groups excluding carboxylic acids is 1. The number of hydrogen-bond donors (Lipinski definition) is 24. The number of allylic oxidation sites excluding steroid dienone is 4. The number of fused-ring (bicyclic) bond motifs is 8. The molecule has 118 heavy (non-hydrogen) atoms. The average Bonchev–Trinajstić information content (AvgIpc) is 1.18. The number of aliphatic carboxylic acids is 1. The lowest BCUT2D eigenvalue weighted by Crippen LogP contribution is -2.68. The fourth-order valence-corrected chi connectivity index (χ4v) is 16.5. The van der Waals surface area contributed by atoms with E-state index in [2.05, 4.69) is 28.4 Å². The van der Waals surface area contributed by atoms with Crippen molar-refractivity contribution < 1.29 is 183 Å². The third-order valence-electron chi connectivity index (χ3n) is 23.3. The average molecular weight is 1680 g/mol. The number of aromatic amines is 2. The molecule has 1 unspecified atom stereocenters. The van der Waals surface area contributed by atoms with Gasteiger partial charge in [0, 0.05) is 52.6 Å². The summed E-state index contributed by atoms with van der Waals surface area (Å²) in [6, 6.07) is 7.35. The molecular weight excluding hydrogens is 1570 g/mol. The minimum atomic E-state index is -2.34. The van der Waals surface area contributed by atoms with Gasteiger partial charge in [0.15, 0.2) is 44.0 Å². The second-order valence-electron chi connectivity index (χ2n) is 30.6. The summed E-state index contributed by atoms with van der Waals surface area (Å²) < 4.78 is 82.6. The Bertz CT molecular complexity index is 4300. The maximum atomic E-state index is 14.6. The SMILES string of the molecule is C=Cc1c(C)c2cc3[nH]c(cc4nc(cc5nc(cc1[nH]2)C(C)=C5CCC(=O)O)C(CCC(=O)NC[C@H]1O[C@@H]2O[C@H]5[C@H](O)[C@@H](O)[C@@H](O[C@H]6[C@H](O)[C@@H](O)[C@@H](O[C@H]7[C@H](O)[C@@H](O)[C@@H](O[C@H]8[C@H](O)[C@@H](O)[C@@H](O[C@H]9[C@H](O)[C@@H](O)[C@@H](O[C@H]%10[C@H](O)C(O)[C@@H](O[C@H]1[C@H](O)[C@H]2O)O[C@@H]%10CO)O[C@@H]9CO)O[C@@H]8CO)O[C@@H]7CO)O[C@@H]6CO)O[C@@H]5CO)=C4C)c(C)c3C=C. The summed E-state index contributed by atoms with van der Waals surface area (Å²) >= 11 is 0. The standard InChI is InChI=1S/C76H103N5O37/c1-7-28-24(3)32-13-33-26(5)30(38(80-33)16-39-31(10-12-48(89)90)27(6)35(81-39)15-37-29(8-2)25(4)34(79-37)14-36(28)78-32)9-11-47(88)77-17-40-63-49(91)56(98)70(105-40)113-64-41(18-82)107-72(58(100)51(64)93)115-66-43(20-84)109-74(60(102)53(66)95)117-68-45(22-86)111-76(62(104)55(68)97)118-69-46(23-87)110-75(61(103)54(69)96)116-67-44(21-85)108-73(59(101)52(67)94)114-65-42(19-83)106-71(112-63)57(99)50(65)92/h7-8,13-16,40-46,49-76,78-79,82-87,91-104H,1-2,9-12,17-23H2,3-6H3,(H,77,88)(H,89,90)/t40-,41-,42-,43-,44-,45-,46-,49-,50-,51-,52-,53-,54-,55-,56-,57?,58-,59-,60-,61-,62-,63-,64-,65-,66-,67-,68-,69-,70-,71-,72-,73-,74-,75-,76-/m1/s1. The fourth-order valence-electron chi connectivity index (χ4n) is 16.5. The van der Waals surface area contributed by atoms with E-state index in [4.69, 9.17) is 76.3 Å². The minimum Gasteiger partial charge on any atom is -0.481 e. The maximum absolute atomic E-state index is 14.6. The maximum Gasteiger partial charge on any atom is 0.303 e. The molecule has 0 radical (unpaired) electrons. The van der Waals surface area contributed by atoms with Gasteiger partial charge in [-0.2, -0.15) is 0 Å². The highest BCUT2D eigenvalue weighted by Gasteiger charge is 2.60. The van der Waals surface area contributed by atoms with Crippen LogP contribution in [0.4, 0.5) is 0 Å². The molecule has 21 saturated heterocycles. The van der Waals surface area contributed by atoms with Crippen molar-refractivity contribution >= 4 is 68.4 Å². The van der Waals surface area contributed by atoms with Gasteiger partial charge in [0.25, 0.3) is 0 Å². The van der Waals surface area contributed by atoms with E-state index < -0.39 is 273 Å². The highest BCUT2D eigenvalue weighted by Crippen LogP contribution is 2.43. The lowest BCUT2D eigenvalue weighted by atomic mass is 9.95. The number of carboxylic acid groups (broad SMARTS) is 1. The zero-order chi connectivity index (χ0) is 85.1. The Morgan fingerprint density at radius 2 is 0.610 bits per heavy atom. The predicted octanol–water partition coefficient (Wildman–Crippen LogP) is -7.37. The summed E-state index contributed by atoms with van der Waals surface area (Å²) in [7, 11) is 0. The molecule has 35 atom stereocenters. The van der Waals surface area contributed by atoms with Crippen LogP contribution in [0.1, 0.15) is 84.6 Å². The van der Waals surface area contributed by atoms with E-state index in [-0.39, 0.29) is 25.7 Å². The summed E-state index contributed by atoms with van der Waals surface area (Å²) in [5.41, 5.74) is 10.4. The predicted molar refractivity (Wildman–Crippen MR) is 396 cm³/mol. The molecule has 3 aromatic rings. The number of ether oxygens (including phenoxy) is 14. The highest BCUT2D eigenvalue weighted by atomic mass is 16.8. The summed E-state index contributed by atoms with van der Waals surface area (Å²) in [4.78, 5) is 43.9. The van der Waals surface area contributed by atoms with Crippen molar-refractivity contribution in [1.29, 1.82) is 0 Å². The second-order valence-corrected chi connectivity index (χ2v) is 30.6. The van der Waals surface area contributed by atoms with E-state index >= 15 is 0 Å². The van der Waals surface area contributed by atoms with Gasteiger partial charge in [-0.1, -0.05) is 25.3 Å². The number of nitrogens with one attached hydrogen (secondary N) is 3. The molecule has 26 rings (SSSR count). The van der Waals surface area contributed by atoms with Crippen molar-refractivity contribution in [1.82, 2.24) is 25.3 Å². The van der Waals surface area contributed by atoms with Gasteiger partial charge in [0.1, 0.15) is 171 Å². The van der Waals surface area contributed by atoms with Crippen molar-refractivity contribution in [2.24, 2.45) is 0 Å². The van der Waals surface area contributed by atoms with Gasteiger partial charge in [-0.3, -0.25) is 9.59 Å². The summed E-state index contributed by atoms with van der Waals surface area (Å²) in [5.74, 6) is -1.77. The van der Waals surface area contributed by atoms with Crippen LogP contribution in [0.5, 0.6) is 0 Å². The Labute approximate surface area is 671 Å². The van der Waals surface area contributed by atoms with Crippen molar-refractivity contribution in [3.63, 3.8) is 0 Å². The smallest absolute Gasteiger partial charge is 0.303 e. The van der Waals surface area contributed by atoms with Gasteiger partial charge in [-0.05, 0) is 98.2 Å². The fraction of sp³-hybridized carbons (Fsp3) is 0.658. The molecule has 3 aromatic heterocycles. The van der Waals surface area contributed by atoms with Crippen LogP contribution in [0, 0.1) is 13.8 Å². The monoisotopic (exact) mass is 1680 g/mol. The molecule has 42 heteroatoms. The Hall–Kier alpha value is -6.34. The zero-order valence-electron chi connectivity index (χ0n) is 64.2. The molecule has 21 fully saturated rings. The third kappa shape index (κ3) is 17.4. The number of carboxylic acids is 1. The number of aryl methyl sites for hydroxylation is 2. The molecular formula is C76H103N5O37. The van der Waals surface area contributed by atoms with E-state index in [0.29, 0.717) is 56.1 Å². The molecule has 26 heterocycles. The molecule has 0 aliphatic carbocycles. The van der Waals surface area contributed by atoms with Gasteiger partial charge in [0.05, 0.1) is 62.4 Å². The van der Waals surface area contributed by atoms with E-state index in [0.717, 1.165) is 33.3 Å². The van der Waals surface area contributed by atoms with Gasteiger partial charge >= 0.3 is 5.97 Å². The van der Waals surface area contributed by atoms with Crippen LogP contribution >= 0.6 is 0 Å². The number of aliphatic hydroxyl groups is 20.